The van der Waals surface area contributed by atoms with Crippen molar-refractivity contribution in [2.45, 2.75) is 13.8 Å². The molecule has 1 aromatic carbocycles. The van der Waals surface area contributed by atoms with Crippen LogP contribution in [0.2, 0.25) is 0 Å². The van der Waals surface area contributed by atoms with Crippen LogP contribution in [0.1, 0.15) is 11.1 Å². The highest BCUT2D eigenvalue weighted by Gasteiger charge is 2.21. The van der Waals surface area contributed by atoms with E-state index in [2.05, 4.69) is 60.2 Å². The Kier molecular flexibility index (Phi) is 4.78. The van der Waals surface area contributed by atoms with E-state index in [9.17, 15) is 0 Å². The van der Waals surface area contributed by atoms with Crippen molar-refractivity contribution >= 4 is 23.4 Å². The molecule has 3 aromatic rings. The van der Waals surface area contributed by atoms with Gasteiger partial charge in [-0.1, -0.05) is 12.1 Å². The first-order valence-corrected chi connectivity index (χ1v) is 9.00. The minimum absolute atomic E-state index is 0.638. The van der Waals surface area contributed by atoms with Gasteiger partial charge in [0.2, 0.25) is 11.9 Å². The van der Waals surface area contributed by atoms with Crippen molar-refractivity contribution < 1.29 is 0 Å². The van der Waals surface area contributed by atoms with E-state index >= 15 is 0 Å². The molecule has 138 valence electrons. The highest BCUT2D eigenvalue weighted by atomic mass is 15.4. The molecular weight excluding hydrogens is 340 g/mol. The third-order valence-electron chi connectivity index (χ3n) is 4.81. The summed E-state index contributed by atoms with van der Waals surface area (Å²) in [7, 11) is 0. The Bertz CT molecular complexity index is 907. The number of nitrogens with one attached hydrogen (secondary N) is 1. The SMILES string of the molecule is Cc1cccc(Nc2cnnc(N3CCN(c4ncccn4)CC3)n2)c1C. The van der Waals surface area contributed by atoms with Gasteiger partial charge in [-0.3, -0.25) is 0 Å². The Morgan fingerprint density at radius 3 is 2.33 bits per heavy atom. The number of piperazine rings is 1. The van der Waals surface area contributed by atoms with Crippen LogP contribution in [0.3, 0.4) is 0 Å². The molecule has 27 heavy (non-hydrogen) atoms. The second-order valence-corrected chi connectivity index (χ2v) is 6.54. The molecule has 2 aromatic heterocycles. The number of aromatic nitrogens is 5. The zero-order valence-electron chi connectivity index (χ0n) is 15.5. The molecule has 1 N–H and O–H groups in total. The second kappa shape index (κ2) is 7.53. The van der Waals surface area contributed by atoms with E-state index in [4.69, 9.17) is 0 Å². The maximum absolute atomic E-state index is 4.65. The smallest absolute Gasteiger partial charge is 0.247 e. The summed E-state index contributed by atoms with van der Waals surface area (Å²) in [5.41, 5.74) is 3.48. The number of hydrogen-bond donors (Lipinski definition) is 1. The van der Waals surface area contributed by atoms with E-state index < -0.39 is 0 Å². The van der Waals surface area contributed by atoms with Gasteiger partial charge in [0, 0.05) is 44.3 Å². The van der Waals surface area contributed by atoms with Crippen molar-refractivity contribution in [3.63, 3.8) is 0 Å². The largest absolute Gasteiger partial charge is 0.339 e. The molecule has 0 atom stereocenters. The lowest BCUT2D eigenvalue weighted by Gasteiger charge is -2.34. The fourth-order valence-corrected chi connectivity index (χ4v) is 3.07. The predicted molar refractivity (Wildman–Crippen MR) is 105 cm³/mol. The van der Waals surface area contributed by atoms with Gasteiger partial charge >= 0.3 is 0 Å². The van der Waals surface area contributed by atoms with Crippen LogP contribution in [0.15, 0.2) is 42.9 Å². The molecule has 8 nitrogen and oxygen atoms in total. The third-order valence-corrected chi connectivity index (χ3v) is 4.81. The number of nitrogens with zero attached hydrogens (tertiary/aromatic N) is 7. The van der Waals surface area contributed by atoms with E-state index in [1.54, 1.807) is 18.6 Å². The molecule has 1 aliphatic heterocycles. The molecule has 4 rings (SSSR count). The van der Waals surface area contributed by atoms with Gasteiger partial charge in [0.15, 0.2) is 5.82 Å². The van der Waals surface area contributed by atoms with E-state index in [1.807, 2.05) is 18.2 Å². The fourth-order valence-electron chi connectivity index (χ4n) is 3.07. The molecule has 3 heterocycles. The van der Waals surface area contributed by atoms with Crippen LogP contribution in [-0.2, 0) is 0 Å². The average Bonchev–Trinajstić information content (AvgIpc) is 2.72. The Morgan fingerprint density at radius 2 is 1.59 bits per heavy atom. The number of anilines is 4. The minimum Gasteiger partial charge on any atom is -0.339 e. The van der Waals surface area contributed by atoms with Crippen LogP contribution >= 0.6 is 0 Å². The summed E-state index contributed by atoms with van der Waals surface area (Å²) in [5.74, 6) is 2.10. The van der Waals surface area contributed by atoms with Crippen LogP contribution in [0.25, 0.3) is 0 Å². The highest BCUT2D eigenvalue weighted by Crippen LogP contribution is 2.22. The normalized spacial score (nSPS) is 14.3. The molecule has 1 fully saturated rings. The van der Waals surface area contributed by atoms with Gasteiger partial charge in [0.05, 0.1) is 6.20 Å². The van der Waals surface area contributed by atoms with Gasteiger partial charge in [-0.15, -0.1) is 5.10 Å². The van der Waals surface area contributed by atoms with Crippen molar-refractivity contribution in [2.75, 3.05) is 41.3 Å². The molecule has 1 saturated heterocycles. The van der Waals surface area contributed by atoms with Crippen LogP contribution in [0, 0.1) is 13.8 Å². The lowest BCUT2D eigenvalue weighted by Crippen LogP contribution is -2.47. The van der Waals surface area contributed by atoms with Gasteiger partial charge in [-0.05, 0) is 37.1 Å². The van der Waals surface area contributed by atoms with Crippen molar-refractivity contribution in [1.82, 2.24) is 25.1 Å². The topological polar surface area (TPSA) is 83.0 Å². The zero-order valence-corrected chi connectivity index (χ0v) is 15.5. The van der Waals surface area contributed by atoms with Gasteiger partial charge in [-0.25, -0.2) is 9.97 Å². The van der Waals surface area contributed by atoms with Gasteiger partial charge in [0.1, 0.15) is 0 Å². The molecule has 0 radical (unpaired) electrons. The minimum atomic E-state index is 0.638. The summed E-state index contributed by atoms with van der Waals surface area (Å²) in [4.78, 5) is 17.6. The number of benzene rings is 1. The van der Waals surface area contributed by atoms with Crippen molar-refractivity contribution in [3.8, 4) is 0 Å². The van der Waals surface area contributed by atoms with Gasteiger partial charge in [0.25, 0.3) is 0 Å². The van der Waals surface area contributed by atoms with Crippen LogP contribution in [0.5, 0.6) is 0 Å². The Labute approximate surface area is 158 Å². The van der Waals surface area contributed by atoms with E-state index in [1.165, 1.54) is 11.1 Å². The first-order chi connectivity index (χ1) is 13.2. The quantitative estimate of drug-likeness (QED) is 0.757. The van der Waals surface area contributed by atoms with E-state index in [0.717, 1.165) is 37.8 Å². The monoisotopic (exact) mass is 362 g/mol. The first kappa shape index (κ1) is 17.1. The van der Waals surface area contributed by atoms with Crippen LogP contribution in [-0.4, -0.2) is 51.3 Å². The van der Waals surface area contributed by atoms with Gasteiger partial charge < -0.3 is 15.1 Å². The number of aryl methyl sites for hydroxylation is 1. The summed E-state index contributed by atoms with van der Waals surface area (Å²) in [6.07, 6.45) is 5.19. The summed E-state index contributed by atoms with van der Waals surface area (Å²) in [5, 5.41) is 11.7. The maximum atomic E-state index is 4.65. The van der Waals surface area contributed by atoms with E-state index in [0.29, 0.717) is 11.8 Å². The first-order valence-electron chi connectivity index (χ1n) is 9.00. The molecule has 1 aliphatic rings. The number of rotatable bonds is 4. The average molecular weight is 362 g/mol. The maximum Gasteiger partial charge on any atom is 0.247 e. The van der Waals surface area contributed by atoms with E-state index in [-0.39, 0.29) is 0 Å². The third kappa shape index (κ3) is 3.79. The van der Waals surface area contributed by atoms with Crippen molar-refractivity contribution in [2.24, 2.45) is 0 Å². The molecule has 0 bridgehead atoms. The summed E-state index contributed by atoms with van der Waals surface area (Å²) in [6.45, 7) is 7.43. The lowest BCUT2D eigenvalue weighted by molar-refractivity contribution is 0.624. The molecule has 0 aliphatic carbocycles. The Hall–Kier alpha value is -3.29. The molecule has 0 amide bonds. The summed E-state index contributed by atoms with van der Waals surface area (Å²) in [6, 6.07) is 8.00. The summed E-state index contributed by atoms with van der Waals surface area (Å²) >= 11 is 0. The summed E-state index contributed by atoms with van der Waals surface area (Å²) < 4.78 is 0. The molecule has 8 heteroatoms. The standard InChI is InChI=1S/C19H22N8/c1-14-5-3-6-16(15(14)2)23-17-13-22-25-19(24-17)27-11-9-26(10-12-27)18-20-7-4-8-21-18/h3-8,13H,9-12H2,1-2H3,(H,23,24,25). The zero-order chi connectivity index (χ0) is 18.6. The highest BCUT2D eigenvalue weighted by molar-refractivity contribution is 5.62. The van der Waals surface area contributed by atoms with Crippen LogP contribution < -0.4 is 15.1 Å². The Balaban J connectivity index is 1.45. The van der Waals surface area contributed by atoms with Gasteiger partial charge in [-0.2, -0.15) is 10.1 Å². The molecular formula is C19H22N8. The Morgan fingerprint density at radius 1 is 0.889 bits per heavy atom. The number of hydrogen-bond acceptors (Lipinski definition) is 8. The van der Waals surface area contributed by atoms with Crippen molar-refractivity contribution in [3.05, 3.63) is 54.0 Å². The predicted octanol–water partition coefficient (Wildman–Crippen LogP) is 2.35. The molecule has 0 spiro atoms. The fraction of sp³-hybridized carbons (Fsp3) is 0.316. The molecule has 0 unspecified atom stereocenters. The van der Waals surface area contributed by atoms with Crippen LogP contribution in [0.4, 0.5) is 23.4 Å². The molecule has 0 saturated carbocycles. The second-order valence-electron chi connectivity index (χ2n) is 6.54. The lowest BCUT2D eigenvalue weighted by atomic mass is 10.1. The van der Waals surface area contributed by atoms with Crippen molar-refractivity contribution in [1.29, 1.82) is 0 Å².